The number of pyridine rings is 2. The highest BCUT2D eigenvalue weighted by Gasteiger charge is 2.05. The van der Waals surface area contributed by atoms with Gasteiger partial charge in [-0.2, -0.15) is 0 Å². The van der Waals surface area contributed by atoms with E-state index >= 15 is 0 Å². The van der Waals surface area contributed by atoms with E-state index in [9.17, 15) is 0 Å². The summed E-state index contributed by atoms with van der Waals surface area (Å²) in [6, 6.07) is 4.31. The zero-order valence-electron chi connectivity index (χ0n) is 22.3. The van der Waals surface area contributed by atoms with E-state index in [0.29, 0.717) is 11.8 Å². The monoisotopic (exact) mass is 440 g/mol. The Morgan fingerprint density at radius 2 is 0.875 bits per heavy atom. The Hall–Kier alpha value is -2.76. The molecule has 0 aliphatic rings. The van der Waals surface area contributed by atoms with Crippen LogP contribution in [0.15, 0.2) is 37.2 Å². The van der Waals surface area contributed by atoms with E-state index in [1.165, 1.54) is 11.1 Å². The molecule has 6 heteroatoms. The van der Waals surface area contributed by atoms with Gasteiger partial charge in [-0.05, 0) is 35.1 Å². The summed E-state index contributed by atoms with van der Waals surface area (Å²) in [6.45, 7) is 20.7. The van der Waals surface area contributed by atoms with E-state index in [4.69, 9.17) is 0 Å². The average molecular weight is 441 g/mol. The molecule has 0 bridgehead atoms. The van der Waals surface area contributed by atoms with Crippen LogP contribution in [0.4, 0.5) is 0 Å². The van der Waals surface area contributed by atoms with Crippen molar-refractivity contribution in [3.63, 3.8) is 0 Å². The summed E-state index contributed by atoms with van der Waals surface area (Å²) in [7, 11) is 3.97. The fourth-order valence-electron chi connectivity index (χ4n) is 2.68. The number of fused-ring (bicyclic) bond motifs is 2. The van der Waals surface area contributed by atoms with E-state index in [1.807, 2.05) is 77.2 Å². The summed E-state index contributed by atoms with van der Waals surface area (Å²) in [6.07, 6.45) is 7.39. The van der Waals surface area contributed by atoms with Crippen LogP contribution in [0, 0.1) is 0 Å². The van der Waals surface area contributed by atoms with Crippen molar-refractivity contribution in [1.29, 1.82) is 0 Å². The molecule has 0 saturated heterocycles. The predicted octanol–water partition coefficient (Wildman–Crippen LogP) is 7.26. The molecule has 4 heterocycles. The minimum Gasteiger partial charge on any atom is -0.332 e. The highest BCUT2D eigenvalue weighted by Crippen LogP contribution is 2.18. The third-order valence-corrected chi connectivity index (χ3v) is 4.54. The van der Waals surface area contributed by atoms with E-state index in [0.717, 1.165) is 22.3 Å². The molecule has 0 amide bonds. The highest BCUT2D eigenvalue weighted by molar-refractivity contribution is 5.71. The van der Waals surface area contributed by atoms with Crippen molar-refractivity contribution >= 4 is 22.3 Å². The fourth-order valence-corrected chi connectivity index (χ4v) is 2.68. The smallest absolute Gasteiger partial charge is 0.177 e. The summed E-state index contributed by atoms with van der Waals surface area (Å²) in [4.78, 5) is 16.9. The molecule has 32 heavy (non-hydrogen) atoms. The maximum Gasteiger partial charge on any atom is 0.177 e. The number of aryl methyl sites for hydroxylation is 2. The molecule has 178 valence electrons. The molecule has 0 atom stereocenters. The van der Waals surface area contributed by atoms with Crippen molar-refractivity contribution in [2.75, 3.05) is 0 Å². The van der Waals surface area contributed by atoms with Crippen LogP contribution in [-0.4, -0.2) is 29.1 Å². The molecule has 0 N–H and O–H groups in total. The molecular formula is C26H44N6. The Morgan fingerprint density at radius 1 is 0.562 bits per heavy atom. The van der Waals surface area contributed by atoms with Gasteiger partial charge in [-0.1, -0.05) is 69.2 Å². The first-order valence-corrected chi connectivity index (χ1v) is 11.9. The van der Waals surface area contributed by atoms with Gasteiger partial charge in [0, 0.05) is 26.5 Å². The molecule has 0 fully saturated rings. The first-order valence-electron chi connectivity index (χ1n) is 11.9. The maximum atomic E-state index is 4.29. The Kier molecular flexibility index (Phi) is 13.8. The lowest BCUT2D eigenvalue weighted by Crippen LogP contribution is -1.91. The highest BCUT2D eigenvalue weighted by atomic mass is 15.1. The third kappa shape index (κ3) is 7.74. The van der Waals surface area contributed by atoms with Gasteiger partial charge < -0.3 is 9.13 Å². The number of hydrogen-bond donors (Lipinski definition) is 0. The first kappa shape index (κ1) is 29.2. The Labute approximate surface area is 195 Å². The van der Waals surface area contributed by atoms with Crippen molar-refractivity contribution in [1.82, 2.24) is 29.1 Å². The summed E-state index contributed by atoms with van der Waals surface area (Å²) < 4.78 is 3.99. The minimum atomic E-state index is 0.520. The summed E-state index contributed by atoms with van der Waals surface area (Å²) >= 11 is 0. The van der Waals surface area contributed by atoms with Gasteiger partial charge in [0.15, 0.2) is 11.3 Å². The van der Waals surface area contributed by atoms with Crippen molar-refractivity contribution < 1.29 is 0 Å². The van der Waals surface area contributed by atoms with Crippen LogP contribution in [0.2, 0.25) is 0 Å². The van der Waals surface area contributed by atoms with E-state index in [1.54, 1.807) is 12.7 Å². The number of aromatic nitrogens is 6. The van der Waals surface area contributed by atoms with Gasteiger partial charge in [-0.15, -0.1) is 0 Å². The number of hydrogen-bond acceptors (Lipinski definition) is 4. The lowest BCUT2D eigenvalue weighted by atomic mass is 10.1. The molecule has 6 nitrogen and oxygen atoms in total. The fraction of sp³-hybridized carbons (Fsp3) is 0.538. The molecule has 4 rings (SSSR count). The molecule has 4 aromatic rings. The topological polar surface area (TPSA) is 61.4 Å². The van der Waals surface area contributed by atoms with Gasteiger partial charge in [0.05, 0.1) is 23.7 Å². The Morgan fingerprint density at radius 3 is 1.16 bits per heavy atom. The zero-order valence-corrected chi connectivity index (χ0v) is 22.3. The van der Waals surface area contributed by atoms with Gasteiger partial charge in [0.1, 0.15) is 0 Å². The summed E-state index contributed by atoms with van der Waals surface area (Å²) in [5.74, 6) is 1.04. The largest absolute Gasteiger partial charge is 0.332 e. The van der Waals surface area contributed by atoms with E-state index in [-0.39, 0.29) is 0 Å². The molecule has 0 saturated carbocycles. The number of nitrogens with zero attached hydrogens (tertiary/aromatic N) is 6. The van der Waals surface area contributed by atoms with E-state index in [2.05, 4.69) is 59.8 Å². The molecule has 0 aliphatic heterocycles. The molecular weight excluding hydrogens is 396 g/mol. The lowest BCUT2D eigenvalue weighted by Gasteiger charge is -2.04. The zero-order chi connectivity index (χ0) is 24.8. The van der Waals surface area contributed by atoms with Crippen LogP contribution in [-0.2, 0) is 14.1 Å². The molecule has 4 aromatic heterocycles. The van der Waals surface area contributed by atoms with Gasteiger partial charge in [0.2, 0.25) is 0 Å². The van der Waals surface area contributed by atoms with Gasteiger partial charge in [-0.25, -0.2) is 19.9 Å². The molecule has 0 aliphatic carbocycles. The van der Waals surface area contributed by atoms with Crippen LogP contribution in [0.1, 0.15) is 92.2 Å². The summed E-state index contributed by atoms with van der Waals surface area (Å²) in [5, 5.41) is 0. The summed E-state index contributed by atoms with van der Waals surface area (Å²) in [5.41, 5.74) is 6.38. The predicted molar refractivity (Wildman–Crippen MR) is 139 cm³/mol. The van der Waals surface area contributed by atoms with Crippen molar-refractivity contribution in [3.05, 3.63) is 48.3 Å². The number of rotatable bonds is 2. The van der Waals surface area contributed by atoms with Crippen LogP contribution in [0.25, 0.3) is 22.3 Å². The lowest BCUT2D eigenvalue weighted by molar-refractivity contribution is 0.858. The van der Waals surface area contributed by atoms with Crippen molar-refractivity contribution in [3.8, 4) is 0 Å². The molecule has 0 aromatic carbocycles. The van der Waals surface area contributed by atoms with Crippen LogP contribution < -0.4 is 0 Å². The van der Waals surface area contributed by atoms with Gasteiger partial charge in [-0.3, -0.25) is 0 Å². The second-order valence-electron chi connectivity index (χ2n) is 7.24. The van der Waals surface area contributed by atoms with Crippen LogP contribution >= 0.6 is 0 Å². The second-order valence-corrected chi connectivity index (χ2v) is 7.24. The second kappa shape index (κ2) is 15.1. The molecule has 0 spiro atoms. The molecule has 0 unspecified atom stereocenters. The third-order valence-electron chi connectivity index (χ3n) is 4.54. The normalized spacial score (nSPS) is 9.81. The Bertz CT molecular complexity index is 943. The SMILES string of the molecule is CC.CC.CC.CC(C)c1cnc2ncn(C)c2c1.CC(C)c1cnc2ncn(C)c2c1. The quantitative estimate of drug-likeness (QED) is 0.329. The van der Waals surface area contributed by atoms with E-state index < -0.39 is 0 Å². The van der Waals surface area contributed by atoms with Crippen molar-refractivity contribution in [2.45, 2.75) is 81.1 Å². The van der Waals surface area contributed by atoms with Crippen molar-refractivity contribution in [2.24, 2.45) is 14.1 Å². The minimum absolute atomic E-state index is 0.520. The Balaban J connectivity index is 0.000000488. The maximum absolute atomic E-state index is 4.29. The van der Waals surface area contributed by atoms with Crippen LogP contribution in [0.3, 0.4) is 0 Å². The van der Waals surface area contributed by atoms with Crippen LogP contribution in [0.5, 0.6) is 0 Å². The van der Waals surface area contributed by atoms with Gasteiger partial charge >= 0.3 is 0 Å². The number of imidazole rings is 2. The molecule has 0 radical (unpaired) electrons. The average Bonchev–Trinajstić information content (AvgIpc) is 3.40. The first-order chi connectivity index (χ1) is 15.4. The van der Waals surface area contributed by atoms with Gasteiger partial charge in [0.25, 0.3) is 0 Å². The standard InChI is InChI=1S/2C10H13N3.3C2H6/c2*1-7(2)8-4-9-10(11-5-8)12-6-13(9)3;3*1-2/h2*4-7H,1-3H3;3*1-2H3.